The van der Waals surface area contributed by atoms with Crippen molar-refractivity contribution in [3.05, 3.63) is 126 Å². The van der Waals surface area contributed by atoms with Crippen molar-refractivity contribution < 1.29 is 0 Å². The van der Waals surface area contributed by atoms with Gasteiger partial charge in [0.15, 0.2) is 0 Å². The van der Waals surface area contributed by atoms with Crippen LogP contribution in [0.2, 0.25) is 0 Å². The SMILES string of the molecule is Cc1cc(C)c(-c2c(C)cc(C)c(-c3c(C)cc(C)c(-c4c(C)cc(C)c(-c5c(C)cccc5C)c4C)c3C)c2C)c(C)c1. The Hall–Kier alpha value is -3.90. The summed E-state index contributed by atoms with van der Waals surface area (Å²) in [4.78, 5) is 0. The molecule has 0 aliphatic heterocycles. The number of aryl methyl sites for hydroxylation is 11. The average Bonchev–Trinajstić information content (AvgIpc) is 2.90. The van der Waals surface area contributed by atoms with Gasteiger partial charge in [-0.15, -0.1) is 0 Å². The smallest absolute Gasteiger partial charge is 0.0113 e. The molecule has 0 amide bonds. The molecule has 0 unspecified atom stereocenters. The molecule has 5 rings (SSSR count). The zero-order valence-electron chi connectivity index (χ0n) is 29.6. The Morgan fingerprint density at radius 3 is 0.773 bits per heavy atom. The Bertz CT molecular complexity index is 1930. The zero-order chi connectivity index (χ0) is 32.4. The quantitative estimate of drug-likeness (QED) is 0.199. The largest absolute Gasteiger partial charge is 0.0617 e. The highest BCUT2D eigenvalue weighted by atomic mass is 14.3. The normalized spacial score (nSPS) is 11.4. The van der Waals surface area contributed by atoms with E-state index in [1.807, 2.05) is 0 Å². The van der Waals surface area contributed by atoms with E-state index in [2.05, 4.69) is 145 Å². The highest BCUT2D eigenvalue weighted by molar-refractivity contribution is 5.93. The first-order valence-corrected chi connectivity index (χ1v) is 16.1. The van der Waals surface area contributed by atoms with Gasteiger partial charge in [-0.2, -0.15) is 0 Å². The van der Waals surface area contributed by atoms with Crippen molar-refractivity contribution in [1.29, 1.82) is 0 Å². The summed E-state index contributed by atoms with van der Waals surface area (Å²) in [5.41, 5.74) is 30.0. The van der Waals surface area contributed by atoms with E-state index in [1.165, 1.54) is 122 Å². The molecule has 0 heteroatoms. The van der Waals surface area contributed by atoms with E-state index in [0.29, 0.717) is 0 Å². The van der Waals surface area contributed by atoms with Crippen LogP contribution in [0.1, 0.15) is 77.9 Å². The fourth-order valence-corrected chi connectivity index (χ4v) is 8.65. The summed E-state index contributed by atoms with van der Waals surface area (Å²) in [5.74, 6) is 0. The van der Waals surface area contributed by atoms with Gasteiger partial charge in [0.1, 0.15) is 0 Å². The van der Waals surface area contributed by atoms with Crippen molar-refractivity contribution in [3.8, 4) is 44.5 Å². The lowest BCUT2D eigenvalue weighted by molar-refractivity contribution is 1.24. The molecule has 0 aromatic heterocycles. The summed E-state index contributed by atoms with van der Waals surface area (Å²) in [6.45, 7) is 32.1. The van der Waals surface area contributed by atoms with Crippen LogP contribution in [0.5, 0.6) is 0 Å². The monoisotopic (exact) mass is 578 g/mol. The van der Waals surface area contributed by atoms with E-state index in [4.69, 9.17) is 0 Å². The molecule has 0 nitrogen and oxygen atoms in total. The topological polar surface area (TPSA) is 0 Å². The van der Waals surface area contributed by atoms with E-state index in [9.17, 15) is 0 Å². The van der Waals surface area contributed by atoms with Crippen LogP contribution in [0.25, 0.3) is 44.5 Å². The molecule has 5 aromatic carbocycles. The van der Waals surface area contributed by atoms with E-state index >= 15 is 0 Å². The summed E-state index contributed by atoms with van der Waals surface area (Å²) >= 11 is 0. The van der Waals surface area contributed by atoms with Crippen LogP contribution < -0.4 is 0 Å². The number of rotatable bonds is 4. The van der Waals surface area contributed by atoms with E-state index in [1.54, 1.807) is 0 Å². The predicted octanol–water partition coefficient (Wildman–Crippen LogP) is 12.7. The second-order valence-corrected chi connectivity index (χ2v) is 13.7. The van der Waals surface area contributed by atoms with Crippen LogP contribution in [0.3, 0.4) is 0 Å². The third kappa shape index (κ3) is 5.03. The number of benzene rings is 5. The maximum atomic E-state index is 2.43. The van der Waals surface area contributed by atoms with Gasteiger partial charge >= 0.3 is 0 Å². The van der Waals surface area contributed by atoms with Gasteiger partial charge in [0.05, 0.1) is 0 Å². The maximum absolute atomic E-state index is 2.43. The van der Waals surface area contributed by atoms with Gasteiger partial charge in [0.25, 0.3) is 0 Å². The van der Waals surface area contributed by atoms with Crippen molar-refractivity contribution in [2.75, 3.05) is 0 Å². The molecule has 226 valence electrons. The fraction of sp³-hybridized carbons (Fsp3) is 0.318. The van der Waals surface area contributed by atoms with Crippen LogP contribution in [0.15, 0.2) is 48.5 Å². The van der Waals surface area contributed by atoms with Crippen molar-refractivity contribution in [3.63, 3.8) is 0 Å². The summed E-state index contributed by atoms with van der Waals surface area (Å²) in [6, 6.07) is 18.6. The highest BCUT2D eigenvalue weighted by Gasteiger charge is 2.24. The van der Waals surface area contributed by atoms with E-state index < -0.39 is 0 Å². The minimum absolute atomic E-state index is 1.32. The molecule has 0 heterocycles. The Labute approximate surface area is 267 Å². The molecular weight excluding hydrogens is 528 g/mol. The predicted molar refractivity (Wildman–Crippen MR) is 195 cm³/mol. The molecular formula is C44H50. The molecule has 0 fully saturated rings. The van der Waals surface area contributed by atoms with Crippen molar-refractivity contribution >= 4 is 0 Å². The molecule has 0 bridgehead atoms. The first-order chi connectivity index (χ1) is 20.6. The molecule has 44 heavy (non-hydrogen) atoms. The maximum Gasteiger partial charge on any atom is -0.0113 e. The number of hydrogen-bond donors (Lipinski definition) is 0. The minimum Gasteiger partial charge on any atom is -0.0617 e. The molecule has 0 saturated carbocycles. The van der Waals surface area contributed by atoms with Crippen LogP contribution in [-0.4, -0.2) is 0 Å². The van der Waals surface area contributed by atoms with Gasteiger partial charge in [0, 0.05) is 0 Å². The zero-order valence-corrected chi connectivity index (χ0v) is 29.6. The van der Waals surface area contributed by atoms with Gasteiger partial charge < -0.3 is 0 Å². The molecule has 0 aliphatic rings. The Balaban J connectivity index is 1.86. The van der Waals surface area contributed by atoms with E-state index in [0.717, 1.165) is 0 Å². The standard InChI is InChI=1S/C44H50/c1-23-18-26(4)38(27(5)19-23)40-29(7)21-31(9)42(35(40)13)44-33(11)22-32(10)43(36(44)14)41-30(8)20-28(6)39(34(41)12)37-24(2)16-15-17-25(37)3/h15-22H,1-14H3. The van der Waals surface area contributed by atoms with Gasteiger partial charge in [-0.3, -0.25) is 0 Å². The number of hydrogen-bond acceptors (Lipinski definition) is 0. The molecule has 0 N–H and O–H groups in total. The van der Waals surface area contributed by atoms with Crippen molar-refractivity contribution in [1.82, 2.24) is 0 Å². The second-order valence-electron chi connectivity index (χ2n) is 13.7. The van der Waals surface area contributed by atoms with Gasteiger partial charge in [-0.05, 0) is 214 Å². The van der Waals surface area contributed by atoms with Gasteiger partial charge in [0.2, 0.25) is 0 Å². The molecule has 0 atom stereocenters. The first kappa shape index (κ1) is 31.5. The Morgan fingerprint density at radius 2 is 0.477 bits per heavy atom. The van der Waals surface area contributed by atoms with Crippen LogP contribution in [0, 0.1) is 96.9 Å². The third-order valence-corrected chi connectivity index (χ3v) is 10.1. The molecule has 0 spiro atoms. The second kappa shape index (κ2) is 11.6. The molecule has 0 radical (unpaired) electrons. The first-order valence-electron chi connectivity index (χ1n) is 16.1. The third-order valence-electron chi connectivity index (χ3n) is 10.1. The Morgan fingerprint density at radius 1 is 0.250 bits per heavy atom. The highest BCUT2D eigenvalue weighted by Crippen LogP contribution is 2.47. The molecule has 0 aliphatic carbocycles. The lowest BCUT2D eigenvalue weighted by Gasteiger charge is -2.27. The van der Waals surface area contributed by atoms with E-state index in [-0.39, 0.29) is 0 Å². The van der Waals surface area contributed by atoms with Gasteiger partial charge in [-0.1, -0.05) is 54.1 Å². The summed E-state index contributed by atoms with van der Waals surface area (Å²) in [6.07, 6.45) is 0. The lowest BCUT2D eigenvalue weighted by atomic mass is 9.77. The molecule has 5 aromatic rings. The van der Waals surface area contributed by atoms with Gasteiger partial charge in [-0.25, -0.2) is 0 Å². The summed E-state index contributed by atoms with van der Waals surface area (Å²) in [7, 11) is 0. The average molecular weight is 579 g/mol. The van der Waals surface area contributed by atoms with Crippen molar-refractivity contribution in [2.45, 2.75) is 96.9 Å². The fourth-order valence-electron chi connectivity index (χ4n) is 8.65. The van der Waals surface area contributed by atoms with Crippen LogP contribution in [0.4, 0.5) is 0 Å². The molecule has 0 saturated heterocycles. The summed E-state index contributed by atoms with van der Waals surface area (Å²) in [5, 5.41) is 0. The minimum atomic E-state index is 1.32. The van der Waals surface area contributed by atoms with Crippen LogP contribution in [-0.2, 0) is 0 Å². The van der Waals surface area contributed by atoms with Crippen LogP contribution >= 0.6 is 0 Å². The lowest BCUT2D eigenvalue weighted by Crippen LogP contribution is -2.05. The van der Waals surface area contributed by atoms with Crippen molar-refractivity contribution in [2.24, 2.45) is 0 Å². The Kier molecular flexibility index (Phi) is 8.27. The summed E-state index contributed by atoms with van der Waals surface area (Å²) < 4.78 is 0.